The maximum atomic E-state index is 12.7. The molecule has 0 fully saturated rings. The number of anilines is 1. The molecule has 27 heavy (non-hydrogen) atoms. The predicted molar refractivity (Wildman–Crippen MR) is 106 cm³/mol. The molecule has 0 aliphatic carbocycles. The third-order valence-electron chi connectivity index (χ3n) is 4.17. The summed E-state index contributed by atoms with van der Waals surface area (Å²) in [6, 6.07) is 3.27. The summed E-state index contributed by atoms with van der Waals surface area (Å²) < 4.78 is 33.1. The van der Waals surface area contributed by atoms with E-state index in [1.807, 2.05) is 30.7 Å². The number of hydrogen-bond acceptors (Lipinski definition) is 4. The Morgan fingerprint density at radius 3 is 2.81 bits per heavy atom. The average Bonchev–Trinajstić information content (AvgIpc) is 3.09. The molecule has 0 aliphatic rings. The highest BCUT2D eigenvalue weighted by atomic mass is 35.5. The van der Waals surface area contributed by atoms with Crippen molar-refractivity contribution in [2.45, 2.75) is 6.92 Å². The van der Waals surface area contributed by atoms with Crippen LogP contribution in [-0.2, 0) is 7.05 Å². The van der Waals surface area contributed by atoms with Gasteiger partial charge in [-0.3, -0.25) is 4.79 Å². The van der Waals surface area contributed by atoms with E-state index in [4.69, 9.17) is 17.1 Å². The molecule has 1 amide bonds. The van der Waals surface area contributed by atoms with Gasteiger partial charge in [-0.05, 0) is 31.1 Å². The fourth-order valence-corrected chi connectivity index (χ4v) is 2.78. The van der Waals surface area contributed by atoms with Gasteiger partial charge in [0.05, 0.1) is 39.2 Å². The number of benzene rings is 1. The van der Waals surface area contributed by atoms with Gasteiger partial charge < -0.3 is 9.88 Å². The van der Waals surface area contributed by atoms with Crippen LogP contribution in [0.25, 0.3) is 22.3 Å². The molecule has 6 nitrogen and oxygen atoms in total. The molecule has 4 rings (SSSR count). The average molecular weight is 382 g/mol. The highest BCUT2D eigenvalue weighted by Crippen LogP contribution is 2.23. The van der Waals surface area contributed by atoms with Gasteiger partial charge >= 0.3 is 0 Å². The van der Waals surface area contributed by atoms with Gasteiger partial charge in [0, 0.05) is 24.7 Å². The number of amides is 1. The van der Waals surface area contributed by atoms with Crippen LogP contribution < -0.4 is 5.32 Å². The number of aromatic nitrogens is 4. The molecule has 1 N–H and O–H groups in total. The number of carbonyl (C=O) groups excluding carboxylic acids is 1. The Bertz CT molecular complexity index is 1340. The maximum Gasteiger partial charge on any atom is 0.258 e. The lowest BCUT2D eigenvalue weighted by atomic mass is 10.2. The van der Waals surface area contributed by atoms with E-state index in [1.54, 1.807) is 18.5 Å². The lowest BCUT2D eigenvalue weighted by Crippen LogP contribution is -2.13. The standard InChI is InChI=1S/C20H16ClN5O/c1-12-22-11-18(26(12)2)16-8-7-13-10-23-19(9-17(13)24-16)25-20(27)14-5-3-4-6-15(14)21/h3-11H,1-2H3,(H,23,25,27)/i3D,4D,5D,6D. The quantitative estimate of drug-likeness (QED) is 0.576. The Morgan fingerprint density at radius 2 is 2.04 bits per heavy atom. The van der Waals surface area contributed by atoms with Crippen molar-refractivity contribution in [2.75, 3.05) is 5.32 Å². The van der Waals surface area contributed by atoms with Gasteiger partial charge in [0.25, 0.3) is 5.91 Å². The predicted octanol–water partition coefficient (Wildman–Crippen LogP) is 4.24. The first-order chi connectivity index (χ1) is 14.7. The molecule has 0 aliphatic heterocycles. The summed E-state index contributed by atoms with van der Waals surface area (Å²) in [5.41, 5.74) is 1.79. The molecule has 0 saturated carbocycles. The number of pyridine rings is 2. The number of hydrogen-bond donors (Lipinski definition) is 1. The van der Waals surface area contributed by atoms with Crippen molar-refractivity contribution in [3.8, 4) is 11.4 Å². The smallest absolute Gasteiger partial charge is 0.258 e. The lowest BCUT2D eigenvalue weighted by molar-refractivity contribution is 0.102. The summed E-state index contributed by atoms with van der Waals surface area (Å²) in [5, 5.41) is 2.95. The minimum absolute atomic E-state index is 0.173. The second kappa shape index (κ2) is 6.81. The second-order valence-electron chi connectivity index (χ2n) is 5.85. The maximum absolute atomic E-state index is 12.7. The molecular formula is C20H16ClN5O. The minimum atomic E-state index is -0.790. The van der Waals surface area contributed by atoms with Crippen LogP contribution in [0.15, 0.2) is 54.8 Å². The zero-order valence-electron chi connectivity index (χ0n) is 18.5. The Balaban J connectivity index is 1.71. The van der Waals surface area contributed by atoms with E-state index in [2.05, 4.69) is 20.3 Å². The van der Waals surface area contributed by atoms with Crippen molar-refractivity contribution in [2.24, 2.45) is 7.05 Å². The Labute approximate surface area is 166 Å². The van der Waals surface area contributed by atoms with Crippen molar-refractivity contribution >= 4 is 34.2 Å². The van der Waals surface area contributed by atoms with Crippen molar-refractivity contribution < 1.29 is 10.3 Å². The minimum Gasteiger partial charge on any atom is -0.330 e. The van der Waals surface area contributed by atoms with Crippen molar-refractivity contribution in [3.63, 3.8) is 0 Å². The van der Waals surface area contributed by atoms with Gasteiger partial charge in [-0.15, -0.1) is 0 Å². The summed E-state index contributed by atoms with van der Waals surface area (Å²) in [6.07, 6.45) is 3.29. The first kappa shape index (κ1) is 13.0. The number of nitrogens with one attached hydrogen (secondary N) is 1. The number of imidazole rings is 1. The van der Waals surface area contributed by atoms with Crippen LogP contribution in [0.2, 0.25) is 5.02 Å². The van der Waals surface area contributed by atoms with Gasteiger partial charge in [0.15, 0.2) is 0 Å². The number of fused-ring (bicyclic) bond motifs is 1. The highest BCUT2D eigenvalue weighted by Gasteiger charge is 2.12. The Kier molecular flexibility index (Phi) is 3.28. The van der Waals surface area contributed by atoms with E-state index in [0.717, 1.165) is 16.9 Å². The van der Waals surface area contributed by atoms with Crippen molar-refractivity contribution in [1.29, 1.82) is 0 Å². The van der Waals surface area contributed by atoms with E-state index in [1.165, 1.54) is 0 Å². The van der Waals surface area contributed by atoms with Crippen molar-refractivity contribution in [3.05, 3.63) is 71.2 Å². The van der Waals surface area contributed by atoms with Gasteiger partial charge in [0.1, 0.15) is 11.6 Å². The third kappa shape index (κ3) is 3.27. The Hall–Kier alpha value is -3.25. The fourth-order valence-electron chi connectivity index (χ4n) is 2.60. The fraction of sp³-hybridized carbons (Fsp3) is 0.100. The van der Waals surface area contributed by atoms with E-state index in [-0.39, 0.29) is 16.4 Å². The summed E-state index contributed by atoms with van der Waals surface area (Å²) in [7, 11) is 1.90. The first-order valence-corrected chi connectivity index (χ1v) is 8.39. The molecule has 3 aromatic heterocycles. The van der Waals surface area contributed by atoms with Gasteiger partial charge in [-0.2, -0.15) is 0 Å². The Morgan fingerprint density at radius 1 is 1.22 bits per heavy atom. The van der Waals surface area contributed by atoms with E-state index < -0.39 is 30.1 Å². The molecule has 1 aromatic carbocycles. The van der Waals surface area contributed by atoms with Crippen molar-refractivity contribution in [1.82, 2.24) is 19.5 Å². The second-order valence-corrected chi connectivity index (χ2v) is 6.23. The first-order valence-electron chi connectivity index (χ1n) is 10.0. The third-order valence-corrected chi connectivity index (χ3v) is 4.45. The number of rotatable bonds is 3. The molecule has 3 heterocycles. The molecule has 0 saturated heterocycles. The number of nitrogens with zero attached hydrogens (tertiary/aromatic N) is 4. The van der Waals surface area contributed by atoms with Crippen LogP contribution in [0.5, 0.6) is 0 Å². The molecule has 0 spiro atoms. The molecule has 4 aromatic rings. The zero-order chi connectivity index (χ0) is 22.4. The summed E-state index contributed by atoms with van der Waals surface area (Å²) in [5.74, 6) is 0.234. The molecular weight excluding hydrogens is 362 g/mol. The lowest BCUT2D eigenvalue weighted by Gasteiger charge is -2.08. The molecule has 7 heteroatoms. The number of aryl methyl sites for hydroxylation is 1. The van der Waals surface area contributed by atoms with Gasteiger partial charge in [-0.25, -0.2) is 15.0 Å². The van der Waals surface area contributed by atoms with E-state index in [9.17, 15) is 4.79 Å². The van der Waals surface area contributed by atoms with Gasteiger partial charge in [-0.1, -0.05) is 23.7 Å². The van der Waals surface area contributed by atoms with Crippen LogP contribution in [0, 0.1) is 6.92 Å². The monoisotopic (exact) mass is 381 g/mol. The topological polar surface area (TPSA) is 72.7 Å². The highest BCUT2D eigenvalue weighted by molar-refractivity contribution is 6.34. The number of carbonyl (C=O) groups is 1. The van der Waals surface area contributed by atoms with Crippen LogP contribution in [0.1, 0.15) is 21.7 Å². The zero-order valence-corrected chi connectivity index (χ0v) is 15.2. The normalized spacial score (nSPS) is 13.0. The van der Waals surface area contributed by atoms with Gasteiger partial charge in [0.2, 0.25) is 0 Å². The molecule has 0 atom stereocenters. The summed E-state index contributed by atoms with van der Waals surface area (Å²) in [4.78, 5) is 25.8. The SMILES string of the molecule is [2H]c1c([2H])c([2H])c(C(=O)Nc2cc3nc(-c4cnc(C)n4C)ccc3cn2)c(Cl)c1[2H]. The van der Waals surface area contributed by atoms with E-state index in [0.29, 0.717) is 11.2 Å². The molecule has 134 valence electrons. The largest absolute Gasteiger partial charge is 0.330 e. The number of halogens is 1. The summed E-state index contributed by atoms with van der Waals surface area (Å²) >= 11 is 6.02. The van der Waals surface area contributed by atoms with Crippen LogP contribution in [-0.4, -0.2) is 25.4 Å². The summed E-state index contributed by atoms with van der Waals surface area (Å²) in [6.45, 7) is 1.89. The molecule has 0 radical (unpaired) electrons. The van der Waals surface area contributed by atoms with Crippen LogP contribution >= 0.6 is 11.6 Å². The van der Waals surface area contributed by atoms with Crippen LogP contribution in [0.4, 0.5) is 5.82 Å². The van der Waals surface area contributed by atoms with Crippen LogP contribution in [0.3, 0.4) is 0 Å². The van der Waals surface area contributed by atoms with E-state index >= 15 is 0 Å². The molecule has 0 unspecified atom stereocenters. The molecule has 0 bridgehead atoms.